The summed E-state index contributed by atoms with van der Waals surface area (Å²) in [6.45, 7) is 3.08. The lowest BCUT2D eigenvalue weighted by atomic mass is 10.1. The minimum absolute atomic E-state index is 0.00702. The molecule has 2 aromatic carbocycles. The van der Waals surface area contributed by atoms with Crippen molar-refractivity contribution in [3.8, 4) is 11.5 Å². The molecule has 0 saturated carbocycles. The second kappa shape index (κ2) is 9.05. The number of nitrogens with zero attached hydrogens (tertiary/aromatic N) is 1. The number of ether oxygens (including phenoxy) is 3. The van der Waals surface area contributed by atoms with Crippen LogP contribution in [0.5, 0.6) is 11.5 Å². The van der Waals surface area contributed by atoms with Crippen molar-refractivity contribution in [2.75, 3.05) is 26.5 Å². The number of carbonyl (C=O) groups excluding carboxylic acids is 3. The molecule has 0 aliphatic carbocycles. The van der Waals surface area contributed by atoms with Gasteiger partial charge in [0.2, 0.25) is 6.79 Å². The summed E-state index contributed by atoms with van der Waals surface area (Å²) in [5.74, 6) is -0.667. The van der Waals surface area contributed by atoms with Gasteiger partial charge in [0.1, 0.15) is 6.23 Å². The zero-order valence-electron chi connectivity index (χ0n) is 17.1. The Morgan fingerprint density at radius 2 is 1.74 bits per heavy atom. The summed E-state index contributed by atoms with van der Waals surface area (Å²) >= 11 is 0. The molecule has 1 unspecified atom stereocenters. The predicted octanol–water partition coefficient (Wildman–Crippen LogP) is 0.955. The third-order valence-electron chi connectivity index (χ3n) is 5.09. The molecule has 2 aliphatic heterocycles. The van der Waals surface area contributed by atoms with Gasteiger partial charge < -0.3 is 29.7 Å². The van der Waals surface area contributed by atoms with E-state index >= 15 is 0 Å². The molecule has 2 N–H and O–H groups in total. The molecular formula is C22H23N3O6. The van der Waals surface area contributed by atoms with Gasteiger partial charge in [-0.2, -0.15) is 0 Å². The summed E-state index contributed by atoms with van der Waals surface area (Å²) in [5.41, 5.74) is 2.44. The van der Waals surface area contributed by atoms with Crippen molar-refractivity contribution in [3.63, 3.8) is 0 Å². The van der Waals surface area contributed by atoms with E-state index in [1.54, 1.807) is 18.2 Å². The fourth-order valence-electron chi connectivity index (χ4n) is 3.35. The van der Waals surface area contributed by atoms with Gasteiger partial charge in [0.05, 0.1) is 13.2 Å². The average molecular weight is 425 g/mol. The van der Waals surface area contributed by atoms with Crippen LogP contribution in [0.1, 0.15) is 21.5 Å². The van der Waals surface area contributed by atoms with Crippen LogP contribution in [-0.4, -0.2) is 55.3 Å². The quantitative estimate of drug-likeness (QED) is 0.691. The molecule has 1 fully saturated rings. The summed E-state index contributed by atoms with van der Waals surface area (Å²) in [6.07, 6.45) is -0.660. The monoisotopic (exact) mass is 425 g/mol. The van der Waals surface area contributed by atoms with E-state index in [1.165, 1.54) is 4.90 Å². The van der Waals surface area contributed by atoms with Crippen molar-refractivity contribution in [2.24, 2.45) is 0 Å². The molecule has 162 valence electrons. The molecule has 0 aromatic heterocycles. The Labute approximate surface area is 179 Å². The largest absolute Gasteiger partial charge is 0.454 e. The van der Waals surface area contributed by atoms with Crippen LogP contribution in [-0.2, 0) is 20.9 Å². The van der Waals surface area contributed by atoms with Gasteiger partial charge in [-0.05, 0) is 30.7 Å². The molecule has 2 aromatic rings. The molecule has 2 heterocycles. The van der Waals surface area contributed by atoms with Crippen LogP contribution in [0.15, 0.2) is 42.5 Å². The maximum absolute atomic E-state index is 12.9. The highest BCUT2D eigenvalue weighted by atomic mass is 16.7. The van der Waals surface area contributed by atoms with Crippen molar-refractivity contribution in [1.29, 1.82) is 0 Å². The zero-order chi connectivity index (χ0) is 21.8. The topological polar surface area (TPSA) is 106 Å². The smallest absolute Gasteiger partial charge is 0.309 e. The molecule has 0 radical (unpaired) electrons. The van der Waals surface area contributed by atoms with E-state index in [9.17, 15) is 14.4 Å². The Bertz CT molecular complexity index is 991. The average Bonchev–Trinajstić information content (AvgIpc) is 3.45. The van der Waals surface area contributed by atoms with Gasteiger partial charge in [-0.25, -0.2) is 0 Å². The Morgan fingerprint density at radius 1 is 1.00 bits per heavy atom. The second-order valence-corrected chi connectivity index (χ2v) is 7.27. The number of carbonyl (C=O) groups is 3. The lowest BCUT2D eigenvalue weighted by Crippen LogP contribution is -2.47. The molecule has 31 heavy (non-hydrogen) atoms. The van der Waals surface area contributed by atoms with Crippen LogP contribution in [0.4, 0.5) is 0 Å². The van der Waals surface area contributed by atoms with E-state index in [2.05, 4.69) is 10.6 Å². The summed E-state index contributed by atoms with van der Waals surface area (Å²) in [4.78, 5) is 38.6. The number of hydrogen-bond donors (Lipinski definition) is 2. The number of amides is 3. The number of nitrogens with one attached hydrogen (secondary N) is 2. The van der Waals surface area contributed by atoms with Gasteiger partial charge >= 0.3 is 11.8 Å². The first-order chi connectivity index (χ1) is 15.0. The minimum Gasteiger partial charge on any atom is -0.454 e. The maximum Gasteiger partial charge on any atom is 0.309 e. The van der Waals surface area contributed by atoms with E-state index in [0.29, 0.717) is 30.2 Å². The third-order valence-corrected chi connectivity index (χ3v) is 5.09. The maximum atomic E-state index is 12.9. The summed E-state index contributed by atoms with van der Waals surface area (Å²) in [5, 5.41) is 5.11. The van der Waals surface area contributed by atoms with Crippen molar-refractivity contribution in [2.45, 2.75) is 19.7 Å². The number of hydrogen-bond acceptors (Lipinski definition) is 6. The van der Waals surface area contributed by atoms with Gasteiger partial charge in [0.25, 0.3) is 5.91 Å². The van der Waals surface area contributed by atoms with Crippen molar-refractivity contribution in [3.05, 3.63) is 59.2 Å². The van der Waals surface area contributed by atoms with Gasteiger partial charge in [-0.1, -0.05) is 29.8 Å². The van der Waals surface area contributed by atoms with Crippen LogP contribution in [0.25, 0.3) is 0 Å². The third kappa shape index (κ3) is 4.77. The Morgan fingerprint density at radius 3 is 2.55 bits per heavy atom. The second-order valence-electron chi connectivity index (χ2n) is 7.27. The number of benzene rings is 2. The molecule has 1 atom stereocenters. The highest BCUT2D eigenvalue weighted by molar-refractivity contribution is 6.35. The molecule has 4 rings (SSSR count). The Balaban J connectivity index is 1.29. The fraction of sp³-hybridized carbons (Fsp3) is 0.318. The van der Waals surface area contributed by atoms with E-state index < -0.39 is 18.0 Å². The van der Waals surface area contributed by atoms with Gasteiger partial charge in [-0.3, -0.25) is 14.4 Å². The van der Waals surface area contributed by atoms with E-state index in [4.69, 9.17) is 14.2 Å². The van der Waals surface area contributed by atoms with Crippen LogP contribution in [0.3, 0.4) is 0 Å². The first kappa shape index (κ1) is 20.7. The number of aryl methyl sites for hydroxylation is 1. The fourth-order valence-corrected chi connectivity index (χ4v) is 3.35. The highest BCUT2D eigenvalue weighted by Gasteiger charge is 2.32. The molecule has 9 heteroatoms. The minimum atomic E-state index is -0.780. The van der Waals surface area contributed by atoms with Crippen LogP contribution >= 0.6 is 0 Å². The highest BCUT2D eigenvalue weighted by Crippen LogP contribution is 2.33. The van der Waals surface area contributed by atoms with Gasteiger partial charge in [-0.15, -0.1) is 0 Å². The van der Waals surface area contributed by atoms with E-state index in [-0.39, 0.29) is 25.8 Å². The van der Waals surface area contributed by atoms with Crippen molar-refractivity contribution in [1.82, 2.24) is 15.5 Å². The van der Waals surface area contributed by atoms with Crippen LogP contribution in [0, 0.1) is 6.92 Å². The molecule has 0 spiro atoms. The zero-order valence-corrected chi connectivity index (χ0v) is 17.1. The number of rotatable bonds is 5. The molecule has 3 amide bonds. The summed E-state index contributed by atoms with van der Waals surface area (Å²) in [6, 6.07) is 12.6. The molecule has 2 aliphatic rings. The normalized spacial score (nSPS) is 16.8. The van der Waals surface area contributed by atoms with E-state index in [0.717, 1.165) is 11.1 Å². The summed E-state index contributed by atoms with van der Waals surface area (Å²) in [7, 11) is 0. The predicted molar refractivity (Wildman–Crippen MR) is 109 cm³/mol. The number of fused-ring (bicyclic) bond motifs is 1. The lowest BCUT2D eigenvalue weighted by Gasteiger charge is -2.23. The molecule has 0 bridgehead atoms. The van der Waals surface area contributed by atoms with Crippen molar-refractivity contribution < 1.29 is 28.6 Å². The SMILES string of the molecule is Cc1ccc(CNC(=O)C(=O)NCC2OCCN2C(=O)c2ccc3c(c2)OCO3)cc1. The van der Waals surface area contributed by atoms with Crippen LogP contribution in [0.2, 0.25) is 0 Å². The molecule has 9 nitrogen and oxygen atoms in total. The van der Waals surface area contributed by atoms with E-state index in [1.807, 2.05) is 31.2 Å². The standard InChI is InChI=1S/C22H23N3O6/c1-14-2-4-15(5-3-14)11-23-20(26)21(27)24-12-19-25(8-9-29-19)22(28)16-6-7-17-18(10-16)31-13-30-17/h2-7,10,19H,8-9,11-13H2,1H3,(H,23,26)(H,24,27). The first-order valence-corrected chi connectivity index (χ1v) is 9.95. The first-order valence-electron chi connectivity index (χ1n) is 9.95. The Hall–Kier alpha value is -3.59. The van der Waals surface area contributed by atoms with Crippen molar-refractivity contribution >= 4 is 17.7 Å². The van der Waals surface area contributed by atoms with Crippen LogP contribution < -0.4 is 20.1 Å². The summed E-state index contributed by atoms with van der Waals surface area (Å²) < 4.78 is 16.2. The Kier molecular flexibility index (Phi) is 6.03. The van der Waals surface area contributed by atoms with Gasteiger partial charge in [0.15, 0.2) is 11.5 Å². The van der Waals surface area contributed by atoms with Gasteiger partial charge in [0, 0.05) is 18.7 Å². The lowest BCUT2D eigenvalue weighted by molar-refractivity contribution is -0.139. The molecule has 1 saturated heterocycles. The molecular weight excluding hydrogens is 402 g/mol.